The lowest BCUT2D eigenvalue weighted by molar-refractivity contribution is -0.108. The van der Waals surface area contributed by atoms with Crippen LogP contribution in [0.1, 0.15) is 41.2 Å². The Kier molecular flexibility index (Phi) is 3.82. The van der Waals surface area contributed by atoms with Crippen LogP contribution in [0.15, 0.2) is 48.7 Å². The first-order valence-corrected chi connectivity index (χ1v) is 7.32. The lowest BCUT2D eigenvalue weighted by Crippen LogP contribution is -2.15. The van der Waals surface area contributed by atoms with E-state index in [1.54, 1.807) is 13.2 Å². The molecule has 2 aromatic rings. The number of hydrogen-bond donors (Lipinski definition) is 1. The zero-order chi connectivity index (χ0) is 15.7. The molecular weight excluding hydrogens is 276 g/mol. The molecule has 0 spiro atoms. The normalized spacial score (nSPS) is 18.0. The van der Waals surface area contributed by atoms with Crippen LogP contribution in [0.2, 0.25) is 0 Å². The van der Waals surface area contributed by atoms with Crippen molar-refractivity contribution in [3.63, 3.8) is 0 Å². The van der Waals surface area contributed by atoms with Crippen molar-refractivity contribution in [3.8, 4) is 5.75 Å². The van der Waals surface area contributed by atoms with Crippen molar-refractivity contribution in [2.45, 2.75) is 25.9 Å². The molecule has 1 aliphatic heterocycles. The molecule has 3 rings (SSSR count). The topological polar surface area (TPSA) is 46.5 Å². The van der Waals surface area contributed by atoms with Crippen LogP contribution in [-0.4, -0.2) is 11.4 Å². The number of aryl methyl sites for hydroxylation is 1. The molecule has 0 saturated carbocycles. The molecule has 3 heteroatoms. The first-order chi connectivity index (χ1) is 10.6. The third-order valence-electron chi connectivity index (χ3n) is 4.10. The monoisotopic (exact) mass is 294 g/mol. The Balaban J connectivity index is 2.17. The van der Waals surface area contributed by atoms with Gasteiger partial charge in [0.25, 0.3) is 0 Å². The van der Waals surface area contributed by atoms with Gasteiger partial charge in [0.1, 0.15) is 12.0 Å². The van der Waals surface area contributed by atoms with Crippen molar-refractivity contribution in [2.75, 3.05) is 0 Å². The van der Waals surface area contributed by atoms with Crippen molar-refractivity contribution in [2.24, 2.45) is 0 Å². The Labute approximate surface area is 129 Å². The van der Waals surface area contributed by atoms with Gasteiger partial charge in [0, 0.05) is 11.1 Å². The van der Waals surface area contributed by atoms with Gasteiger partial charge in [-0.1, -0.05) is 36.4 Å². The van der Waals surface area contributed by atoms with Crippen LogP contribution in [0.3, 0.4) is 0 Å². The molecule has 2 aromatic carbocycles. The Morgan fingerprint density at radius 3 is 2.64 bits per heavy atom. The number of rotatable bonds is 3. The number of aldehydes is 1. The van der Waals surface area contributed by atoms with Crippen LogP contribution in [-0.2, 0) is 4.79 Å². The van der Waals surface area contributed by atoms with Gasteiger partial charge in [0.05, 0.1) is 18.3 Å². The molecular formula is C19H18O3. The second-order valence-electron chi connectivity index (χ2n) is 5.55. The largest absolute Gasteiger partial charge is 0.464 e. The molecule has 1 heterocycles. The summed E-state index contributed by atoms with van der Waals surface area (Å²) in [5, 5.41) is 10.0. The summed E-state index contributed by atoms with van der Waals surface area (Å²) in [6, 6.07) is 13.4. The van der Waals surface area contributed by atoms with E-state index < -0.39 is 12.0 Å². The SMILES string of the molecule is Cc1ccccc1C1=COc2cccc(C(C)O)c2C1C=O. The number of ether oxygens (including phenoxy) is 1. The molecule has 1 aliphatic rings. The summed E-state index contributed by atoms with van der Waals surface area (Å²) in [5.41, 5.74) is 4.39. The Morgan fingerprint density at radius 2 is 1.95 bits per heavy atom. The van der Waals surface area contributed by atoms with Gasteiger partial charge in [-0.3, -0.25) is 0 Å². The second kappa shape index (κ2) is 5.78. The molecule has 0 aliphatic carbocycles. The molecule has 22 heavy (non-hydrogen) atoms. The van der Waals surface area contributed by atoms with E-state index in [0.717, 1.165) is 34.1 Å². The fraction of sp³-hybridized carbons (Fsp3) is 0.211. The summed E-state index contributed by atoms with van der Waals surface area (Å²) < 4.78 is 5.74. The van der Waals surface area contributed by atoms with Gasteiger partial charge in [0.15, 0.2) is 0 Å². The minimum Gasteiger partial charge on any atom is -0.464 e. The molecule has 0 bridgehead atoms. The zero-order valence-electron chi connectivity index (χ0n) is 12.6. The van der Waals surface area contributed by atoms with Crippen molar-refractivity contribution < 1.29 is 14.6 Å². The van der Waals surface area contributed by atoms with Gasteiger partial charge in [-0.2, -0.15) is 0 Å². The number of hydrogen-bond acceptors (Lipinski definition) is 3. The van der Waals surface area contributed by atoms with Crippen LogP contribution in [0.25, 0.3) is 5.57 Å². The first kappa shape index (κ1) is 14.5. The summed E-state index contributed by atoms with van der Waals surface area (Å²) in [4.78, 5) is 11.8. The number of fused-ring (bicyclic) bond motifs is 1. The maximum absolute atomic E-state index is 11.8. The Morgan fingerprint density at radius 1 is 1.18 bits per heavy atom. The van der Waals surface area contributed by atoms with Crippen LogP contribution in [0.4, 0.5) is 0 Å². The fourth-order valence-electron chi connectivity index (χ4n) is 2.99. The molecule has 0 fully saturated rings. The predicted molar refractivity (Wildman–Crippen MR) is 85.7 cm³/mol. The molecule has 0 radical (unpaired) electrons. The summed E-state index contributed by atoms with van der Waals surface area (Å²) >= 11 is 0. The molecule has 1 N–H and O–H groups in total. The highest BCUT2D eigenvalue weighted by Crippen LogP contribution is 2.43. The van der Waals surface area contributed by atoms with E-state index in [2.05, 4.69) is 0 Å². The highest BCUT2D eigenvalue weighted by Gasteiger charge is 2.29. The number of carbonyl (C=O) groups is 1. The van der Waals surface area contributed by atoms with E-state index in [1.807, 2.05) is 49.4 Å². The average Bonchev–Trinajstić information content (AvgIpc) is 2.53. The maximum atomic E-state index is 11.8. The molecule has 0 aromatic heterocycles. The van der Waals surface area contributed by atoms with Gasteiger partial charge in [0.2, 0.25) is 0 Å². The summed E-state index contributed by atoms with van der Waals surface area (Å²) in [5.74, 6) is 0.198. The number of benzene rings is 2. The van der Waals surface area contributed by atoms with Crippen molar-refractivity contribution in [3.05, 3.63) is 71.0 Å². The minimum atomic E-state index is -0.655. The number of aliphatic hydroxyl groups excluding tert-OH is 1. The first-order valence-electron chi connectivity index (χ1n) is 7.32. The van der Waals surface area contributed by atoms with Crippen LogP contribution < -0.4 is 4.74 Å². The van der Waals surface area contributed by atoms with Gasteiger partial charge in [-0.05, 0) is 36.6 Å². The van der Waals surface area contributed by atoms with Crippen molar-refractivity contribution in [1.29, 1.82) is 0 Å². The van der Waals surface area contributed by atoms with E-state index in [1.165, 1.54) is 0 Å². The molecule has 3 nitrogen and oxygen atoms in total. The highest BCUT2D eigenvalue weighted by molar-refractivity contribution is 5.89. The average molecular weight is 294 g/mol. The molecule has 112 valence electrons. The van der Waals surface area contributed by atoms with Crippen LogP contribution >= 0.6 is 0 Å². The standard InChI is InChI=1S/C19H18O3/c1-12-6-3-4-7-14(12)17-11-22-18-9-5-8-15(13(2)21)19(18)16(17)10-20/h3-11,13,16,21H,1-2H3. The van der Waals surface area contributed by atoms with E-state index >= 15 is 0 Å². The zero-order valence-corrected chi connectivity index (χ0v) is 12.6. The second-order valence-corrected chi connectivity index (χ2v) is 5.55. The number of allylic oxidation sites excluding steroid dienone is 1. The molecule has 0 saturated heterocycles. The van der Waals surface area contributed by atoms with E-state index in [0.29, 0.717) is 5.75 Å². The fourth-order valence-corrected chi connectivity index (χ4v) is 2.99. The third kappa shape index (κ3) is 2.34. The smallest absolute Gasteiger partial charge is 0.132 e. The van der Waals surface area contributed by atoms with Crippen LogP contribution in [0, 0.1) is 6.92 Å². The quantitative estimate of drug-likeness (QED) is 0.877. The van der Waals surface area contributed by atoms with E-state index in [9.17, 15) is 9.90 Å². The number of aliphatic hydroxyl groups is 1. The van der Waals surface area contributed by atoms with Gasteiger partial charge in [-0.15, -0.1) is 0 Å². The summed E-state index contributed by atoms with van der Waals surface area (Å²) in [7, 11) is 0. The Bertz CT molecular complexity index is 744. The predicted octanol–water partition coefficient (Wildman–Crippen LogP) is 3.76. The third-order valence-corrected chi connectivity index (χ3v) is 4.10. The van der Waals surface area contributed by atoms with Gasteiger partial charge < -0.3 is 14.6 Å². The minimum absolute atomic E-state index is 0.435. The summed E-state index contributed by atoms with van der Waals surface area (Å²) in [6.07, 6.45) is 1.92. The van der Waals surface area contributed by atoms with Crippen LogP contribution in [0.5, 0.6) is 5.75 Å². The van der Waals surface area contributed by atoms with Gasteiger partial charge in [-0.25, -0.2) is 0 Å². The molecule has 2 unspecified atom stereocenters. The lowest BCUT2D eigenvalue weighted by Gasteiger charge is -2.27. The van der Waals surface area contributed by atoms with Crippen molar-refractivity contribution >= 4 is 11.9 Å². The molecule has 0 amide bonds. The van der Waals surface area contributed by atoms with Crippen molar-refractivity contribution in [1.82, 2.24) is 0 Å². The van der Waals surface area contributed by atoms with E-state index in [4.69, 9.17) is 4.74 Å². The lowest BCUT2D eigenvalue weighted by atomic mass is 9.82. The molecule has 2 atom stereocenters. The highest BCUT2D eigenvalue weighted by atomic mass is 16.5. The van der Waals surface area contributed by atoms with Gasteiger partial charge >= 0.3 is 0 Å². The van der Waals surface area contributed by atoms with E-state index in [-0.39, 0.29) is 0 Å². The maximum Gasteiger partial charge on any atom is 0.132 e. The summed E-state index contributed by atoms with van der Waals surface area (Å²) in [6.45, 7) is 3.71. The Hall–Kier alpha value is -2.39. The number of carbonyl (C=O) groups excluding carboxylic acids is 1.